The lowest BCUT2D eigenvalue weighted by Crippen LogP contribution is -2.30. The maximum Gasteiger partial charge on any atom is 0.223 e. The summed E-state index contributed by atoms with van der Waals surface area (Å²) in [6.07, 6.45) is 4.29. The fraction of sp³-hybridized carbons (Fsp3) is 0.458. The van der Waals surface area contributed by atoms with E-state index in [1.165, 1.54) is 54.6 Å². The first kappa shape index (κ1) is 20.4. The maximum atomic E-state index is 12.2. The van der Waals surface area contributed by atoms with Crippen LogP contribution in [0.15, 0.2) is 42.5 Å². The number of piperidine rings is 1. The standard InChI is InChI=1S/C24H32N2O2/c1-19-10-11-23(16-20(19)2)28-15-12-24(27)25-17-21-8-4-5-9-22(21)18-26-13-6-3-7-14-26/h4-5,8-11,16H,3,6-7,12-15,17-18H2,1-2H3,(H,25,27). The van der Waals surface area contributed by atoms with Crippen LogP contribution in [0.4, 0.5) is 0 Å². The van der Waals surface area contributed by atoms with Gasteiger partial charge < -0.3 is 10.1 Å². The summed E-state index contributed by atoms with van der Waals surface area (Å²) >= 11 is 0. The van der Waals surface area contributed by atoms with E-state index < -0.39 is 0 Å². The van der Waals surface area contributed by atoms with Gasteiger partial charge in [-0.3, -0.25) is 9.69 Å². The highest BCUT2D eigenvalue weighted by molar-refractivity contribution is 5.76. The highest BCUT2D eigenvalue weighted by Crippen LogP contribution is 2.17. The second-order valence-electron chi connectivity index (χ2n) is 7.73. The van der Waals surface area contributed by atoms with Gasteiger partial charge in [0.15, 0.2) is 0 Å². The van der Waals surface area contributed by atoms with Crippen molar-refractivity contribution in [3.05, 3.63) is 64.7 Å². The Labute approximate surface area is 168 Å². The molecule has 4 heteroatoms. The van der Waals surface area contributed by atoms with Gasteiger partial charge in [0.05, 0.1) is 13.0 Å². The zero-order chi connectivity index (χ0) is 19.8. The number of benzene rings is 2. The Hall–Kier alpha value is -2.33. The SMILES string of the molecule is Cc1ccc(OCCC(=O)NCc2ccccc2CN2CCCCC2)cc1C. The summed E-state index contributed by atoms with van der Waals surface area (Å²) in [5.74, 6) is 0.847. The third-order valence-electron chi connectivity index (χ3n) is 5.51. The number of carbonyl (C=O) groups is 1. The van der Waals surface area contributed by atoms with Gasteiger partial charge in [0.1, 0.15) is 5.75 Å². The van der Waals surface area contributed by atoms with Crippen molar-refractivity contribution in [2.75, 3.05) is 19.7 Å². The average molecular weight is 381 g/mol. The molecule has 150 valence electrons. The van der Waals surface area contributed by atoms with Crippen LogP contribution in [0.2, 0.25) is 0 Å². The van der Waals surface area contributed by atoms with Gasteiger partial charge >= 0.3 is 0 Å². The van der Waals surface area contributed by atoms with Crippen molar-refractivity contribution in [2.24, 2.45) is 0 Å². The number of nitrogens with one attached hydrogen (secondary N) is 1. The third kappa shape index (κ3) is 6.10. The van der Waals surface area contributed by atoms with Gasteiger partial charge in [-0.25, -0.2) is 0 Å². The van der Waals surface area contributed by atoms with Gasteiger partial charge in [-0.2, -0.15) is 0 Å². The summed E-state index contributed by atoms with van der Waals surface area (Å²) in [6, 6.07) is 14.4. The molecule has 0 unspecified atom stereocenters. The van der Waals surface area contributed by atoms with E-state index in [1.54, 1.807) is 0 Å². The molecule has 0 spiro atoms. The summed E-state index contributed by atoms with van der Waals surface area (Å²) in [7, 11) is 0. The van der Waals surface area contributed by atoms with Crippen LogP contribution in [0, 0.1) is 13.8 Å². The quantitative estimate of drug-likeness (QED) is 0.739. The zero-order valence-electron chi connectivity index (χ0n) is 17.2. The molecule has 0 aliphatic carbocycles. The van der Waals surface area contributed by atoms with Crippen LogP contribution in [0.3, 0.4) is 0 Å². The molecule has 4 nitrogen and oxygen atoms in total. The van der Waals surface area contributed by atoms with Crippen molar-refractivity contribution >= 4 is 5.91 Å². The number of nitrogens with zero attached hydrogens (tertiary/aromatic N) is 1. The minimum atomic E-state index is 0.0246. The number of amides is 1. The first-order valence-corrected chi connectivity index (χ1v) is 10.4. The van der Waals surface area contributed by atoms with Crippen LogP contribution in [-0.4, -0.2) is 30.5 Å². The predicted molar refractivity (Wildman–Crippen MR) is 113 cm³/mol. The minimum Gasteiger partial charge on any atom is -0.493 e. The van der Waals surface area contributed by atoms with E-state index in [4.69, 9.17) is 4.74 Å². The van der Waals surface area contributed by atoms with Crippen LogP contribution >= 0.6 is 0 Å². The molecule has 0 bridgehead atoms. The van der Waals surface area contributed by atoms with Gasteiger partial charge in [-0.05, 0) is 74.2 Å². The van der Waals surface area contributed by atoms with Gasteiger partial charge in [-0.15, -0.1) is 0 Å². The van der Waals surface area contributed by atoms with Gasteiger partial charge in [0.2, 0.25) is 5.91 Å². The number of ether oxygens (including phenoxy) is 1. The van der Waals surface area contributed by atoms with E-state index in [2.05, 4.69) is 42.3 Å². The molecule has 3 rings (SSSR count). The highest BCUT2D eigenvalue weighted by Gasteiger charge is 2.12. The lowest BCUT2D eigenvalue weighted by Gasteiger charge is -2.27. The lowest BCUT2D eigenvalue weighted by atomic mass is 10.0. The molecule has 0 saturated carbocycles. The molecule has 0 atom stereocenters. The highest BCUT2D eigenvalue weighted by atomic mass is 16.5. The summed E-state index contributed by atoms with van der Waals surface area (Å²) in [4.78, 5) is 14.7. The Morgan fingerprint density at radius 2 is 1.75 bits per heavy atom. The molecule has 28 heavy (non-hydrogen) atoms. The fourth-order valence-corrected chi connectivity index (χ4v) is 3.59. The van der Waals surface area contributed by atoms with Gasteiger partial charge in [-0.1, -0.05) is 36.8 Å². The summed E-state index contributed by atoms with van der Waals surface area (Å²) in [5.41, 5.74) is 4.97. The van der Waals surface area contributed by atoms with Crippen molar-refractivity contribution in [3.8, 4) is 5.75 Å². The predicted octanol–water partition coefficient (Wildman–Crippen LogP) is 4.37. The Morgan fingerprint density at radius 1 is 1.00 bits per heavy atom. The van der Waals surface area contributed by atoms with Crippen molar-refractivity contribution < 1.29 is 9.53 Å². The number of rotatable bonds is 8. The lowest BCUT2D eigenvalue weighted by molar-refractivity contribution is -0.121. The molecular weight excluding hydrogens is 348 g/mol. The largest absolute Gasteiger partial charge is 0.493 e. The second-order valence-corrected chi connectivity index (χ2v) is 7.73. The Kier molecular flexibility index (Phi) is 7.49. The van der Waals surface area contributed by atoms with E-state index in [-0.39, 0.29) is 5.91 Å². The molecule has 2 aromatic rings. The Balaban J connectivity index is 1.44. The van der Waals surface area contributed by atoms with E-state index in [0.29, 0.717) is 19.6 Å². The smallest absolute Gasteiger partial charge is 0.223 e. The van der Waals surface area contributed by atoms with E-state index in [9.17, 15) is 4.79 Å². The van der Waals surface area contributed by atoms with Crippen molar-refractivity contribution in [1.29, 1.82) is 0 Å². The van der Waals surface area contributed by atoms with Gasteiger partial charge in [0.25, 0.3) is 0 Å². The summed E-state index contributed by atoms with van der Waals surface area (Å²) in [6.45, 7) is 8.44. The molecule has 2 aromatic carbocycles. The molecule has 1 amide bonds. The molecule has 1 N–H and O–H groups in total. The second kappa shape index (κ2) is 10.3. The summed E-state index contributed by atoms with van der Waals surface area (Å²) in [5, 5.41) is 3.05. The first-order valence-electron chi connectivity index (χ1n) is 10.4. The molecule has 1 aliphatic heterocycles. The monoisotopic (exact) mass is 380 g/mol. The number of hydrogen-bond donors (Lipinski definition) is 1. The fourth-order valence-electron chi connectivity index (χ4n) is 3.59. The molecule has 0 radical (unpaired) electrons. The minimum absolute atomic E-state index is 0.0246. The molecule has 0 aromatic heterocycles. The Morgan fingerprint density at radius 3 is 2.50 bits per heavy atom. The van der Waals surface area contributed by atoms with Crippen LogP contribution in [0.25, 0.3) is 0 Å². The molecule has 1 saturated heterocycles. The van der Waals surface area contributed by atoms with Crippen LogP contribution < -0.4 is 10.1 Å². The molecule has 1 aliphatic rings. The Bertz CT molecular complexity index is 782. The summed E-state index contributed by atoms with van der Waals surface area (Å²) < 4.78 is 5.72. The maximum absolute atomic E-state index is 12.2. The zero-order valence-corrected chi connectivity index (χ0v) is 17.2. The third-order valence-corrected chi connectivity index (χ3v) is 5.51. The number of carbonyl (C=O) groups excluding carboxylic acids is 1. The normalized spacial score (nSPS) is 14.6. The molecular formula is C24H32N2O2. The van der Waals surface area contributed by atoms with Crippen LogP contribution in [0.5, 0.6) is 5.75 Å². The number of likely N-dealkylation sites (tertiary alicyclic amines) is 1. The van der Waals surface area contributed by atoms with E-state index >= 15 is 0 Å². The topological polar surface area (TPSA) is 41.6 Å². The van der Waals surface area contributed by atoms with Crippen molar-refractivity contribution in [3.63, 3.8) is 0 Å². The molecule has 1 fully saturated rings. The van der Waals surface area contributed by atoms with Crippen LogP contribution in [-0.2, 0) is 17.9 Å². The van der Waals surface area contributed by atoms with Crippen molar-refractivity contribution in [2.45, 2.75) is 52.6 Å². The van der Waals surface area contributed by atoms with E-state index in [1.807, 2.05) is 24.3 Å². The van der Waals surface area contributed by atoms with Gasteiger partial charge in [0, 0.05) is 13.1 Å². The number of hydrogen-bond acceptors (Lipinski definition) is 3. The number of aryl methyl sites for hydroxylation is 2. The van der Waals surface area contributed by atoms with Crippen molar-refractivity contribution in [1.82, 2.24) is 10.2 Å². The average Bonchev–Trinajstić information content (AvgIpc) is 2.71. The molecule has 1 heterocycles. The van der Waals surface area contributed by atoms with Crippen LogP contribution in [0.1, 0.15) is 47.9 Å². The first-order chi connectivity index (χ1) is 13.6. The van der Waals surface area contributed by atoms with E-state index in [0.717, 1.165) is 12.3 Å².